The molecule has 0 saturated carbocycles. The van der Waals surface area contributed by atoms with Crippen molar-refractivity contribution in [2.75, 3.05) is 49.0 Å². The number of hydrogen-bond acceptors (Lipinski definition) is 8. The predicted octanol–water partition coefficient (Wildman–Crippen LogP) is 2.31. The molecule has 3 heterocycles. The van der Waals surface area contributed by atoms with Crippen LogP contribution >= 0.6 is 0 Å². The van der Waals surface area contributed by atoms with Crippen LogP contribution < -0.4 is 15.3 Å². The Bertz CT molecular complexity index is 1240. The Balaban J connectivity index is 1.89. The topological polar surface area (TPSA) is 104 Å². The van der Waals surface area contributed by atoms with Crippen molar-refractivity contribution in [1.29, 1.82) is 0 Å². The summed E-state index contributed by atoms with van der Waals surface area (Å²) >= 11 is -0.432. The lowest BCUT2D eigenvalue weighted by molar-refractivity contribution is -0.254. The van der Waals surface area contributed by atoms with E-state index in [2.05, 4.69) is 15.4 Å². The number of nitrogens with zero attached hydrogens (tertiary/aromatic N) is 4. The van der Waals surface area contributed by atoms with E-state index in [9.17, 15) is 23.1 Å². The molecule has 0 bridgehead atoms. The molecule has 2 aromatic heterocycles. The van der Waals surface area contributed by atoms with Crippen molar-refractivity contribution in [2.24, 2.45) is 0 Å². The highest BCUT2D eigenvalue weighted by Crippen LogP contribution is 2.36. The molecule has 4 rings (SSSR count). The second-order valence-electron chi connectivity index (χ2n) is 8.05. The third kappa shape index (κ3) is 5.31. The molecule has 1 aliphatic rings. The zero-order valence-electron chi connectivity index (χ0n) is 19.3. The van der Waals surface area contributed by atoms with Crippen LogP contribution in [0.3, 0.4) is 0 Å². The van der Waals surface area contributed by atoms with Crippen LogP contribution in [-0.4, -0.2) is 59.4 Å². The number of aromatic carboxylic acids is 1. The van der Waals surface area contributed by atoms with E-state index in [0.717, 1.165) is 6.07 Å². The lowest BCUT2D eigenvalue weighted by atomic mass is 10.1. The molecule has 1 fully saturated rings. The molecular weight excluding hydrogens is 487 g/mol. The summed E-state index contributed by atoms with van der Waals surface area (Å²) in [7, 11) is 0. The van der Waals surface area contributed by atoms with Crippen LogP contribution in [0.15, 0.2) is 24.3 Å². The number of carbonyl (C=O) groups is 1. The molecule has 0 spiro atoms. The predicted molar refractivity (Wildman–Crippen MR) is 124 cm³/mol. The number of carboxylic acid groups (broad SMARTS) is 1. The van der Waals surface area contributed by atoms with Gasteiger partial charge in [0.05, 0.1) is 24.7 Å². The monoisotopic (exact) mass is 511 g/mol. The summed E-state index contributed by atoms with van der Waals surface area (Å²) in [6.45, 7) is 3.26. The number of halogens is 3. The van der Waals surface area contributed by atoms with Gasteiger partial charge in [0.2, 0.25) is 0 Å². The van der Waals surface area contributed by atoms with Crippen LogP contribution in [0.25, 0.3) is 5.65 Å². The first-order valence-electron chi connectivity index (χ1n) is 10.7. The zero-order chi connectivity index (χ0) is 25.3. The van der Waals surface area contributed by atoms with Gasteiger partial charge in [0.25, 0.3) is 0 Å². The molecule has 1 aliphatic heterocycles. The largest absolute Gasteiger partial charge is 0.545 e. The third-order valence-electron chi connectivity index (χ3n) is 5.52. The number of aromatic nitrogens is 3. The third-order valence-corrected chi connectivity index (χ3v) is 6.11. The zero-order valence-corrected chi connectivity index (χ0v) is 20.1. The highest BCUT2D eigenvalue weighted by molar-refractivity contribution is 7.90. The number of rotatable bonds is 7. The van der Waals surface area contributed by atoms with Gasteiger partial charge in [0, 0.05) is 24.3 Å². The highest BCUT2D eigenvalue weighted by atomic mass is 32.2. The molecular formula is C22H24F3N5O4S. The van der Waals surface area contributed by atoms with Gasteiger partial charge < -0.3 is 24.9 Å². The summed E-state index contributed by atoms with van der Waals surface area (Å²) < 4.78 is 52.8. The molecule has 0 radical (unpaired) electrons. The Morgan fingerprint density at radius 2 is 2.00 bits per heavy atom. The van der Waals surface area contributed by atoms with E-state index in [0.29, 0.717) is 37.8 Å². The van der Waals surface area contributed by atoms with Crippen molar-refractivity contribution >= 4 is 40.1 Å². The number of hydrogen-bond donors (Lipinski definition) is 1. The number of morpholine rings is 1. The first-order chi connectivity index (χ1) is 16.6. The van der Waals surface area contributed by atoms with E-state index in [1.807, 2.05) is 17.4 Å². The second kappa shape index (κ2) is 9.91. The fourth-order valence-electron chi connectivity index (χ4n) is 3.76. The van der Waals surface area contributed by atoms with Gasteiger partial charge in [0.15, 0.2) is 17.3 Å². The van der Waals surface area contributed by atoms with E-state index in [-0.39, 0.29) is 34.9 Å². The molecule has 1 N–H and O–H groups in total. The number of alkyl halides is 3. The van der Waals surface area contributed by atoms with Gasteiger partial charge >= 0.3 is 6.18 Å². The minimum atomic E-state index is -4.53. The number of ether oxygens (including phenoxy) is 1. The number of imidazole rings is 1. The van der Waals surface area contributed by atoms with Crippen LogP contribution in [-0.2, 0) is 32.9 Å². The quantitative estimate of drug-likeness (QED) is 0.482. The Morgan fingerprint density at radius 1 is 1.29 bits per heavy atom. The molecule has 0 atom stereocenters. The number of fused-ring (bicyclic) bond motifs is 1. The number of nitrogens with one attached hydrogen (secondary N) is 1. The molecule has 0 aliphatic carbocycles. The summed E-state index contributed by atoms with van der Waals surface area (Å²) in [6, 6.07) is 5.19. The van der Waals surface area contributed by atoms with Gasteiger partial charge in [0.1, 0.15) is 36.0 Å². The first kappa shape index (κ1) is 25.1. The smallest absolute Gasteiger partial charge is 0.416 e. The van der Waals surface area contributed by atoms with Gasteiger partial charge in [-0.1, -0.05) is 6.07 Å². The first-order valence-corrected chi connectivity index (χ1v) is 12.6. The summed E-state index contributed by atoms with van der Waals surface area (Å²) in [4.78, 5) is 18.3. The van der Waals surface area contributed by atoms with Gasteiger partial charge in [-0.15, -0.1) is 5.10 Å². The SMILES string of the molecule is Cc1c(Nc2c(CO[S+](C)C)nc3c(C(=O)[O-])cc(N4CCOCC4)nn23)cccc1C(F)(F)F. The molecule has 0 unspecified atom stereocenters. The van der Waals surface area contributed by atoms with Crippen LogP contribution in [0.1, 0.15) is 27.2 Å². The molecule has 188 valence electrons. The molecule has 13 heteroatoms. The number of carbonyl (C=O) groups excluding carboxylic acids is 1. The molecule has 1 saturated heterocycles. The Labute approximate surface area is 202 Å². The van der Waals surface area contributed by atoms with Crippen molar-refractivity contribution in [3.63, 3.8) is 0 Å². The number of carboxylic acids is 1. The summed E-state index contributed by atoms with van der Waals surface area (Å²) in [5, 5.41) is 19.6. The minimum Gasteiger partial charge on any atom is -0.545 e. The molecule has 9 nitrogen and oxygen atoms in total. The van der Waals surface area contributed by atoms with E-state index in [4.69, 9.17) is 8.92 Å². The Kier molecular flexibility index (Phi) is 7.10. The maximum atomic E-state index is 13.5. The van der Waals surface area contributed by atoms with Gasteiger partial charge in [-0.3, -0.25) is 0 Å². The highest BCUT2D eigenvalue weighted by Gasteiger charge is 2.33. The van der Waals surface area contributed by atoms with E-state index >= 15 is 0 Å². The van der Waals surface area contributed by atoms with Crippen LogP contribution in [0.2, 0.25) is 0 Å². The van der Waals surface area contributed by atoms with Crippen molar-refractivity contribution in [1.82, 2.24) is 14.6 Å². The van der Waals surface area contributed by atoms with Gasteiger partial charge in [-0.2, -0.15) is 21.9 Å². The average molecular weight is 512 g/mol. The maximum absolute atomic E-state index is 13.5. The van der Waals surface area contributed by atoms with Crippen LogP contribution in [0.5, 0.6) is 0 Å². The maximum Gasteiger partial charge on any atom is 0.416 e. The van der Waals surface area contributed by atoms with Crippen molar-refractivity contribution in [2.45, 2.75) is 19.7 Å². The standard InChI is InChI=1S/C22H24F3N5O4S/c1-13-15(22(23,24)25)5-4-6-16(13)26-20-17(12-34-35(2)3)27-19-14(21(31)32)11-18(28-30(19)20)29-7-9-33-10-8-29/h4-6,11H,7-10,12H2,1-3H3,(H-,26,28,31,32). The summed E-state index contributed by atoms with van der Waals surface area (Å²) in [6.07, 6.45) is -0.835. The normalized spacial score (nSPS) is 14.7. The lowest BCUT2D eigenvalue weighted by Gasteiger charge is -2.28. The van der Waals surface area contributed by atoms with Crippen molar-refractivity contribution < 1.29 is 32.0 Å². The fourth-order valence-corrected chi connectivity index (χ4v) is 4.10. The lowest BCUT2D eigenvalue weighted by Crippen LogP contribution is -2.37. The second-order valence-corrected chi connectivity index (χ2v) is 9.77. The van der Waals surface area contributed by atoms with Crippen molar-refractivity contribution in [3.05, 3.63) is 46.6 Å². The van der Waals surface area contributed by atoms with E-state index in [1.54, 1.807) is 0 Å². The van der Waals surface area contributed by atoms with Crippen molar-refractivity contribution in [3.8, 4) is 0 Å². The van der Waals surface area contributed by atoms with E-state index < -0.39 is 28.9 Å². The number of anilines is 3. The number of benzene rings is 1. The van der Waals surface area contributed by atoms with Crippen LogP contribution in [0, 0.1) is 6.92 Å². The van der Waals surface area contributed by atoms with Crippen LogP contribution in [0.4, 0.5) is 30.5 Å². The summed E-state index contributed by atoms with van der Waals surface area (Å²) in [5.41, 5.74) is -0.504. The Hall–Kier alpha value is -3.03. The molecule has 0 amide bonds. The minimum absolute atomic E-state index is 0.000159. The van der Waals surface area contributed by atoms with E-state index in [1.165, 1.54) is 29.6 Å². The molecule has 1 aromatic carbocycles. The average Bonchev–Trinajstić information content (AvgIpc) is 3.15. The van der Waals surface area contributed by atoms with Gasteiger partial charge in [-0.05, 0) is 30.7 Å². The fraction of sp³-hybridized carbons (Fsp3) is 0.409. The molecule has 35 heavy (non-hydrogen) atoms. The summed E-state index contributed by atoms with van der Waals surface area (Å²) in [5.74, 6) is -0.873. The Morgan fingerprint density at radius 3 is 2.63 bits per heavy atom. The molecule has 3 aromatic rings. The van der Waals surface area contributed by atoms with Gasteiger partial charge in [-0.25, -0.2) is 4.98 Å².